The van der Waals surface area contributed by atoms with E-state index in [-0.39, 0.29) is 11.5 Å². The number of esters is 2. The number of carbonyl (C=O) groups is 3. The van der Waals surface area contributed by atoms with Crippen molar-refractivity contribution in [3.05, 3.63) is 71.2 Å². The summed E-state index contributed by atoms with van der Waals surface area (Å²) < 4.78 is 11.5. The Labute approximate surface area is 185 Å². The Morgan fingerprint density at radius 3 is 2.56 bits per heavy atom. The monoisotopic (exact) mass is 436 g/mol. The van der Waals surface area contributed by atoms with Gasteiger partial charge in [-0.1, -0.05) is 26.0 Å². The molecule has 1 aromatic carbocycles. The summed E-state index contributed by atoms with van der Waals surface area (Å²) in [6.07, 6.45) is 3.05. The van der Waals surface area contributed by atoms with E-state index in [1.807, 2.05) is 19.9 Å². The first-order chi connectivity index (χ1) is 15.3. The number of aromatic nitrogens is 3. The van der Waals surface area contributed by atoms with Crippen molar-refractivity contribution in [2.75, 3.05) is 19.0 Å². The zero-order valence-electron chi connectivity index (χ0n) is 18.3. The third kappa shape index (κ3) is 5.00. The van der Waals surface area contributed by atoms with Gasteiger partial charge in [0.05, 0.1) is 24.6 Å². The molecule has 3 aromatic rings. The molecule has 1 amide bonds. The number of nitrogens with one attached hydrogen (secondary N) is 1. The quantitative estimate of drug-likeness (QED) is 0.566. The minimum Gasteiger partial charge on any atom is -0.465 e. The van der Waals surface area contributed by atoms with Crippen LogP contribution in [0.4, 0.5) is 5.69 Å². The number of pyridine rings is 1. The second-order valence-corrected chi connectivity index (χ2v) is 7.34. The second kappa shape index (κ2) is 9.86. The smallest absolute Gasteiger partial charge is 0.342 e. The van der Waals surface area contributed by atoms with Gasteiger partial charge in [-0.05, 0) is 42.7 Å². The van der Waals surface area contributed by atoms with Crippen LogP contribution in [0.1, 0.15) is 51.7 Å². The summed E-state index contributed by atoms with van der Waals surface area (Å²) >= 11 is 0. The van der Waals surface area contributed by atoms with Crippen LogP contribution in [-0.4, -0.2) is 46.3 Å². The van der Waals surface area contributed by atoms with Crippen molar-refractivity contribution in [3.8, 4) is 5.82 Å². The van der Waals surface area contributed by atoms with E-state index < -0.39 is 24.5 Å². The Bertz CT molecular complexity index is 1140. The van der Waals surface area contributed by atoms with Gasteiger partial charge in [-0.15, -0.1) is 0 Å². The first kappa shape index (κ1) is 22.7. The molecule has 0 fully saturated rings. The number of benzene rings is 1. The minimum absolute atomic E-state index is 0.0420. The van der Waals surface area contributed by atoms with Crippen LogP contribution in [0.25, 0.3) is 5.82 Å². The summed E-state index contributed by atoms with van der Waals surface area (Å²) in [5.74, 6) is -1.18. The fraction of sp³-hybridized carbons (Fsp3) is 0.261. The SMILES string of the molecule is COC(=O)c1ccc(C)c(NC(=O)COC(=O)c2cnn(-c3ccccn3)c2C(C)C)c1. The Kier molecular flexibility index (Phi) is 6.99. The van der Waals surface area contributed by atoms with Gasteiger partial charge in [0.15, 0.2) is 12.4 Å². The molecule has 3 rings (SSSR count). The first-order valence-corrected chi connectivity index (χ1v) is 9.97. The molecule has 0 saturated heterocycles. The van der Waals surface area contributed by atoms with Crippen LogP contribution < -0.4 is 5.32 Å². The van der Waals surface area contributed by atoms with Crippen LogP contribution in [0.5, 0.6) is 0 Å². The summed E-state index contributed by atoms with van der Waals surface area (Å²) in [5, 5.41) is 6.93. The van der Waals surface area contributed by atoms with Crippen LogP contribution in [0, 0.1) is 6.92 Å². The van der Waals surface area contributed by atoms with E-state index in [1.165, 1.54) is 19.4 Å². The highest BCUT2D eigenvalue weighted by atomic mass is 16.5. The molecule has 166 valence electrons. The average Bonchev–Trinajstić information content (AvgIpc) is 3.24. The van der Waals surface area contributed by atoms with Crippen molar-refractivity contribution >= 4 is 23.5 Å². The Balaban J connectivity index is 1.71. The lowest BCUT2D eigenvalue weighted by atomic mass is 10.1. The van der Waals surface area contributed by atoms with Gasteiger partial charge in [0.25, 0.3) is 5.91 Å². The van der Waals surface area contributed by atoms with Crippen molar-refractivity contribution in [2.24, 2.45) is 0 Å². The summed E-state index contributed by atoms with van der Waals surface area (Å²) in [6, 6.07) is 10.2. The number of methoxy groups -OCH3 is 1. The molecule has 9 nitrogen and oxygen atoms in total. The molecule has 0 aliphatic heterocycles. The highest BCUT2D eigenvalue weighted by Crippen LogP contribution is 2.23. The second-order valence-electron chi connectivity index (χ2n) is 7.34. The molecule has 1 N–H and O–H groups in total. The van der Waals surface area contributed by atoms with E-state index in [9.17, 15) is 14.4 Å². The normalized spacial score (nSPS) is 10.7. The van der Waals surface area contributed by atoms with Gasteiger partial charge in [-0.3, -0.25) is 4.79 Å². The first-order valence-electron chi connectivity index (χ1n) is 9.97. The zero-order chi connectivity index (χ0) is 23.3. The largest absolute Gasteiger partial charge is 0.465 e. The molecule has 0 bridgehead atoms. The molecule has 0 saturated carbocycles. The van der Waals surface area contributed by atoms with Crippen LogP contribution in [-0.2, 0) is 14.3 Å². The van der Waals surface area contributed by atoms with Crippen molar-refractivity contribution in [1.29, 1.82) is 0 Å². The van der Waals surface area contributed by atoms with E-state index in [0.717, 1.165) is 5.56 Å². The van der Waals surface area contributed by atoms with Gasteiger partial charge < -0.3 is 14.8 Å². The number of rotatable bonds is 7. The molecule has 32 heavy (non-hydrogen) atoms. The lowest BCUT2D eigenvalue weighted by molar-refractivity contribution is -0.119. The van der Waals surface area contributed by atoms with Crippen molar-refractivity contribution in [2.45, 2.75) is 26.7 Å². The number of aryl methyl sites for hydroxylation is 1. The molecule has 0 atom stereocenters. The number of anilines is 1. The van der Waals surface area contributed by atoms with Crippen molar-refractivity contribution < 1.29 is 23.9 Å². The van der Waals surface area contributed by atoms with Gasteiger partial charge in [-0.25, -0.2) is 19.3 Å². The molecule has 0 unspecified atom stereocenters. The number of nitrogens with zero attached hydrogens (tertiary/aromatic N) is 3. The minimum atomic E-state index is -0.661. The number of ether oxygens (including phenoxy) is 2. The van der Waals surface area contributed by atoms with Crippen LogP contribution >= 0.6 is 0 Å². The van der Waals surface area contributed by atoms with E-state index >= 15 is 0 Å². The molecular formula is C23H24N4O5. The Morgan fingerprint density at radius 2 is 1.91 bits per heavy atom. The lowest BCUT2D eigenvalue weighted by Crippen LogP contribution is -2.22. The number of carbonyl (C=O) groups excluding carboxylic acids is 3. The van der Waals surface area contributed by atoms with Gasteiger partial charge in [0, 0.05) is 11.9 Å². The average molecular weight is 436 g/mol. The third-order valence-electron chi connectivity index (χ3n) is 4.71. The van der Waals surface area contributed by atoms with E-state index in [4.69, 9.17) is 9.47 Å². The Morgan fingerprint density at radius 1 is 1.12 bits per heavy atom. The standard InChI is InChI=1S/C23H24N4O5/c1-14(2)21-17(12-25-27(21)19-7-5-6-10-24-19)23(30)32-13-20(28)26-18-11-16(22(29)31-4)9-8-15(18)3/h5-12,14H,13H2,1-4H3,(H,26,28). The maximum atomic E-state index is 12.7. The van der Waals surface area contributed by atoms with E-state index in [1.54, 1.807) is 42.1 Å². The topological polar surface area (TPSA) is 112 Å². The highest BCUT2D eigenvalue weighted by molar-refractivity contribution is 5.98. The predicted molar refractivity (Wildman–Crippen MR) is 117 cm³/mol. The van der Waals surface area contributed by atoms with Crippen LogP contribution in [0.2, 0.25) is 0 Å². The number of hydrogen-bond acceptors (Lipinski definition) is 7. The molecule has 2 aromatic heterocycles. The predicted octanol–water partition coefficient (Wildman–Crippen LogP) is 3.28. The summed E-state index contributed by atoms with van der Waals surface area (Å²) in [4.78, 5) is 41.0. The van der Waals surface area contributed by atoms with Crippen LogP contribution in [0.3, 0.4) is 0 Å². The summed E-state index contributed by atoms with van der Waals surface area (Å²) in [6.45, 7) is 5.14. The van der Waals surface area contributed by atoms with Gasteiger partial charge in [0.2, 0.25) is 0 Å². The van der Waals surface area contributed by atoms with Crippen molar-refractivity contribution in [3.63, 3.8) is 0 Å². The molecule has 0 radical (unpaired) electrons. The molecule has 0 aliphatic carbocycles. The maximum absolute atomic E-state index is 12.7. The van der Waals surface area contributed by atoms with E-state index in [0.29, 0.717) is 22.8 Å². The molecule has 0 aliphatic rings. The molecular weight excluding hydrogens is 412 g/mol. The fourth-order valence-corrected chi connectivity index (χ4v) is 3.13. The van der Waals surface area contributed by atoms with E-state index in [2.05, 4.69) is 15.4 Å². The third-order valence-corrected chi connectivity index (χ3v) is 4.71. The fourth-order valence-electron chi connectivity index (χ4n) is 3.13. The molecule has 9 heteroatoms. The van der Waals surface area contributed by atoms with Gasteiger partial charge in [-0.2, -0.15) is 5.10 Å². The van der Waals surface area contributed by atoms with Crippen LogP contribution in [0.15, 0.2) is 48.8 Å². The van der Waals surface area contributed by atoms with Gasteiger partial charge in [0.1, 0.15) is 5.56 Å². The molecule has 0 spiro atoms. The zero-order valence-corrected chi connectivity index (χ0v) is 18.3. The number of hydrogen-bond donors (Lipinski definition) is 1. The Hall–Kier alpha value is -4.01. The highest BCUT2D eigenvalue weighted by Gasteiger charge is 2.23. The summed E-state index contributed by atoms with van der Waals surface area (Å²) in [7, 11) is 1.28. The maximum Gasteiger partial charge on any atom is 0.342 e. The van der Waals surface area contributed by atoms with Crippen molar-refractivity contribution in [1.82, 2.24) is 14.8 Å². The molecule has 2 heterocycles. The number of amides is 1. The van der Waals surface area contributed by atoms with Gasteiger partial charge >= 0.3 is 11.9 Å². The lowest BCUT2D eigenvalue weighted by Gasteiger charge is -2.12. The summed E-state index contributed by atoms with van der Waals surface area (Å²) in [5.41, 5.74) is 2.38.